The van der Waals surface area contributed by atoms with Gasteiger partial charge in [0.05, 0.1) is 11.8 Å². The third-order valence-corrected chi connectivity index (χ3v) is 4.93. The molecule has 2 amide bonds. The predicted molar refractivity (Wildman–Crippen MR) is 67.5 cm³/mol. The number of carbonyl (C=O) groups excluding carboxylic acids is 2. The summed E-state index contributed by atoms with van der Waals surface area (Å²) in [4.78, 5) is 26.1. The van der Waals surface area contributed by atoms with Crippen molar-refractivity contribution in [2.45, 2.75) is 51.0 Å². The molecular weight excluding hydrogens is 228 g/mol. The predicted octanol–water partition coefficient (Wildman–Crippen LogP) is 1.29. The van der Waals surface area contributed by atoms with Gasteiger partial charge in [0.1, 0.15) is 0 Å². The zero-order chi connectivity index (χ0) is 12.7. The molecule has 1 heterocycles. The van der Waals surface area contributed by atoms with Crippen molar-refractivity contribution >= 4 is 11.8 Å². The summed E-state index contributed by atoms with van der Waals surface area (Å²) in [6, 6.07) is 0.0460. The summed E-state index contributed by atoms with van der Waals surface area (Å²) < 4.78 is 0. The molecule has 3 rings (SSSR count). The molecule has 0 spiro atoms. The van der Waals surface area contributed by atoms with E-state index < -0.39 is 0 Å². The molecule has 0 aromatic carbocycles. The summed E-state index contributed by atoms with van der Waals surface area (Å²) in [7, 11) is 0. The SMILES string of the molecule is NC1C[C@@H]2C(=O)N(CC3CCCCC3)C(=O)[C@H]2C1. The van der Waals surface area contributed by atoms with Crippen molar-refractivity contribution in [1.29, 1.82) is 0 Å². The summed E-state index contributed by atoms with van der Waals surface area (Å²) in [6.45, 7) is 0.667. The van der Waals surface area contributed by atoms with Crippen LogP contribution in [-0.4, -0.2) is 29.3 Å². The molecule has 4 nitrogen and oxygen atoms in total. The Kier molecular flexibility index (Phi) is 3.14. The van der Waals surface area contributed by atoms with E-state index in [1.54, 1.807) is 4.90 Å². The summed E-state index contributed by atoms with van der Waals surface area (Å²) >= 11 is 0. The minimum Gasteiger partial charge on any atom is -0.328 e. The van der Waals surface area contributed by atoms with Gasteiger partial charge in [0, 0.05) is 12.6 Å². The first kappa shape index (κ1) is 12.2. The number of likely N-dealkylation sites (tertiary alicyclic amines) is 1. The third-order valence-electron chi connectivity index (χ3n) is 4.93. The van der Waals surface area contributed by atoms with Crippen molar-refractivity contribution in [2.75, 3.05) is 6.54 Å². The zero-order valence-electron chi connectivity index (χ0n) is 10.8. The van der Waals surface area contributed by atoms with Crippen molar-refractivity contribution in [3.8, 4) is 0 Å². The van der Waals surface area contributed by atoms with Crippen molar-refractivity contribution in [3.63, 3.8) is 0 Å². The second-order valence-corrected chi connectivity index (χ2v) is 6.24. The van der Waals surface area contributed by atoms with E-state index >= 15 is 0 Å². The van der Waals surface area contributed by atoms with Gasteiger partial charge in [-0.25, -0.2) is 0 Å². The monoisotopic (exact) mass is 250 g/mol. The minimum atomic E-state index is -0.101. The summed E-state index contributed by atoms with van der Waals surface area (Å²) in [5.74, 6) is 0.457. The number of fused-ring (bicyclic) bond motifs is 1. The molecule has 100 valence electrons. The Balaban J connectivity index is 1.67. The van der Waals surface area contributed by atoms with E-state index in [4.69, 9.17) is 5.73 Å². The largest absolute Gasteiger partial charge is 0.328 e. The first-order valence-electron chi connectivity index (χ1n) is 7.27. The normalized spacial score (nSPS) is 34.4. The molecule has 3 fully saturated rings. The number of nitrogens with zero attached hydrogens (tertiary/aromatic N) is 1. The number of nitrogens with two attached hydrogens (primary N) is 1. The third kappa shape index (κ3) is 1.96. The van der Waals surface area contributed by atoms with Crippen molar-refractivity contribution < 1.29 is 9.59 Å². The Hall–Kier alpha value is -0.900. The fourth-order valence-electron chi connectivity index (χ4n) is 3.94. The molecule has 0 aromatic rings. The van der Waals surface area contributed by atoms with Crippen LogP contribution < -0.4 is 5.73 Å². The van der Waals surface area contributed by atoms with Crippen LogP contribution in [0.15, 0.2) is 0 Å². The van der Waals surface area contributed by atoms with E-state index in [1.807, 2.05) is 0 Å². The highest BCUT2D eigenvalue weighted by molar-refractivity contribution is 6.05. The van der Waals surface area contributed by atoms with E-state index in [1.165, 1.54) is 32.1 Å². The number of amides is 2. The number of rotatable bonds is 2. The lowest BCUT2D eigenvalue weighted by Crippen LogP contribution is -2.38. The average molecular weight is 250 g/mol. The van der Waals surface area contributed by atoms with Crippen LogP contribution in [0.2, 0.25) is 0 Å². The molecule has 0 aromatic heterocycles. The van der Waals surface area contributed by atoms with Crippen LogP contribution >= 0.6 is 0 Å². The second kappa shape index (κ2) is 4.65. The van der Waals surface area contributed by atoms with Crippen LogP contribution in [0.25, 0.3) is 0 Å². The molecule has 18 heavy (non-hydrogen) atoms. The molecule has 0 unspecified atom stereocenters. The quantitative estimate of drug-likeness (QED) is 0.751. The Morgan fingerprint density at radius 1 is 1.00 bits per heavy atom. The number of hydrogen-bond acceptors (Lipinski definition) is 3. The van der Waals surface area contributed by atoms with Gasteiger partial charge in [0.25, 0.3) is 0 Å². The molecule has 4 heteroatoms. The van der Waals surface area contributed by atoms with E-state index in [0.29, 0.717) is 25.3 Å². The van der Waals surface area contributed by atoms with Crippen LogP contribution in [0.5, 0.6) is 0 Å². The van der Waals surface area contributed by atoms with Crippen LogP contribution in [-0.2, 0) is 9.59 Å². The van der Waals surface area contributed by atoms with Gasteiger partial charge < -0.3 is 5.73 Å². The van der Waals surface area contributed by atoms with Crippen molar-refractivity contribution in [2.24, 2.45) is 23.5 Å². The van der Waals surface area contributed by atoms with E-state index in [9.17, 15) is 9.59 Å². The lowest BCUT2D eigenvalue weighted by Gasteiger charge is -2.26. The molecule has 2 aliphatic carbocycles. The maximum absolute atomic E-state index is 12.3. The topological polar surface area (TPSA) is 63.4 Å². The zero-order valence-corrected chi connectivity index (χ0v) is 10.8. The maximum atomic E-state index is 12.3. The smallest absolute Gasteiger partial charge is 0.233 e. The molecular formula is C14H22N2O2. The molecule has 2 N–H and O–H groups in total. The first-order valence-corrected chi connectivity index (χ1v) is 7.27. The van der Waals surface area contributed by atoms with Gasteiger partial charge in [0.15, 0.2) is 0 Å². The lowest BCUT2D eigenvalue weighted by molar-refractivity contribution is -0.141. The highest BCUT2D eigenvalue weighted by Crippen LogP contribution is 2.40. The summed E-state index contributed by atoms with van der Waals surface area (Å²) in [6.07, 6.45) is 7.56. The van der Waals surface area contributed by atoms with E-state index in [0.717, 1.165) is 0 Å². The van der Waals surface area contributed by atoms with Crippen LogP contribution in [0.3, 0.4) is 0 Å². The standard InChI is InChI=1S/C14H22N2O2/c15-10-6-11-12(7-10)14(18)16(13(11)17)8-9-4-2-1-3-5-9/h9-12H,1-8,15H2/t11-,12-/m0/s1. The van der Waals surface area contributed by atoms with E-state index in [2.05, 4.69) is 0 Å². The lowest BCUT2D eigenvalue weighted by atomic mass is 9.89. The molecule has 3 aliphatic rings. The molecule has 0 bridgehead atoms. The molecule has 2 atom stereocenters. The molecule has 1 aliphatic heterocycles. The fraction of sp³-hybridized carbons (Fsp3) is 0.857. The van der Waals surface area contributed by atoms with Gasteiger partial charge in [-0.2, -0.15) is 0 Å². The van der Waals surface area contributed by atoms with Gasteiger partial charge >= 0.3 is 0 Å². The fourth-order valence-corrected chi connectivity index (χ4v) is 3.94. The highest BCUT2D eigenvalue weighted by Gasteiger charge is 2.52. The summed E-state index contributed by atoms with van der Waals surface area (Å²) in [5.41, 5.74) is 5.86. The second-order valence-electron chi connectivity index (χ2n) is 6.24. The number of imide groups is 1. The van der Waals surface area contributed by atoms with Crippen LogP contribution in [0.4, 0.5) is 0 Å². The molecule has 0 radical (unpaired) electrons. The maximum Gasteiger partial charge on any atom is 0.233 e. The highest BCUT2D eigenvalue weighted by atomic mass is 16.2. The Bertz CT molecular complexity index is 339. The van der Waals surface area contributed by atoms with Crippen molar-refractivity contribution in [3.05, 3.63) is 0 Å². The van der Waals surface area contributed by atoms with E-state index in [-0.39, 0.29) is 29.7 Å². The van der Waals surface area contributed by atoms with Gasteiger partial charge in [0.2, 0.25) is 11.8 Å². The van der Waals surface area contributed by atoms with Gasteiger partial charge in [-0.05, 0) is 31.6 Å². The number of carbonyl (C=O) groups is 2. The van der Waals surface area contributed by atoms with Crippen LogP contribution in [0.1, 0.15) is 44.9 Å². The minimum absolute atomic E-state index is 0.0460. The van der Waals surface area contributed by atoms with Crippen LogP contribution in [0, 0.1) is 17.8 Å². The Labute approximate surface area is 108 Å². The number of hydrogen-bond donors (Lipinski definition) is 1. The Morgan fingerprint density at radius 3 is 2.11 bits per heavy atom. The van der Waals surface area contributed by atoms with Gasteiger partial charge in [-0.3, -0.25) is 14.5 Å². The van der Waals surface area contributed by atoms with Gasteiger partial charge in [-0.15, -0.1) is 0 Å². The average Bonchev–Trinajstić information content (AvgIpc) is 2.85. The van der Waals surface area contributed by atoms with Gasteiger partial charge in [-0.1, -0.05) is 19.3 Å². The van der Waals surface area contributed by atoms with Crippen molar-refractivity contribution in [1.82, 2.24) is 4.90 Å². The summed E-state index contributed by atoms with van der Waals surface area (Å²) in [5, 5.41) is 0. The molecule has 1 saturated heterocycles. The Morgan fingerprint density at radius 2 is 1.56 bits per heavy atom. The molecule has 2 saturated carbocycles. The first-order chi connectivity index (χ1) is 8.66.